The fourth-order valence-electron chi connectivity index (χ4n) is 2.82. The molecule has 2 aromatic rings. The van der Waals surface area contributed by atoms with Gasteiger partial charge >= 0.3 is 0 Å². The van der Waals surface area contributed by atoms with Crippen LogP contribution in [-0.2, 0) is 0 Å². The van der Waals surface area contributed by atoms with Gasteiger partial charge in [-0.2, -0.15) is 9.97 Å². The molecule has 0 bridgehead atoms. The van der Waals surface area contributed by atoms with Crippen LogP contribution in [0.4, 0.5) is 5.82 Å². The molecule has 1 saturated heterocycles. The molecular weight excluding hydrogens is 262 g/mol. The van der Waals surface area contributed by atoms with Crippen molar-refractivity contribution in [3.8, 4) is 0 Å². The molecule has 102 valence electrons. The molecule has 1 aliphatic heterocycles. The Bertz CT molecular complexity index is 581. The van der Waals surface area contributed by atoms with Crippen LogP contribution in [0.25, 0.3) is 11.0 Å². The Labute approximate surface area is 117 Å². The molecule has 0 amide bonds. The van der Waals surface area contributed by atoms with Gasteiger partial charge in [-0.3, -0.25) is 0 Å². The van der Waals surface area contributed by atoms with Crippen LogP contribution in [0.3, 0.4) is 0 Å². The van der Waals surface area contributed by atoms with E-state index in [1.54, 1.807) is 0 Å². The van der Waals surface area contributed by atoms with Crippen LogP contribution >= 0.6 is 11.6 Å². The number of anilines is 1. The summed E-state index contributed by atoms with van der Waals surface area (Å²) >= 11 is 6.02. The fourth-order valence-corrected chi connectivity index (χ4v) is 2.98. The van der Waals surface area contributed by atoms with Crippen LogP contribution in [0.1, 0.15) is 13.3 Å². The SMILES string of the molecule is C[C@H]1CCNC[C@H]1N(C)c1nc(Cl)nc2[nH]ccc12. The first-order valence-corrected chi connectivity index (χ1v) is 6.99. The highest BCUT2D eigenvalue weighted by atomic mass is 35.5. The number of H-pyrrole nitrogens is 1. The number of nitrogens with one attached hydrogen (secondary N) is 2. The Kier molecular flexibility index (Phi) is 3.33. The molecule has 3 heterocycles. The second kappa shape index (κ2) is 4.98. The van der Waals surface area contributed by atoms with Gasteiger partial charge in [0.2, 0.25) is 5.28 Å². The van der Waals surface area contributed by atoms with Gasteiger partial charge < -0.3 is 15.2 Å². The van der Waals surface area contributed by atoms with E-state index in [0.717, 1.165) is 29.9 Å². The first-order chi connectivity index (χ1) is 9.16. The third kappa shape index (κ3) is 2.28. The van der Waals surface area contributed by atoms with E-state index in [9.17, 15) is 0 Å². The number of aromatic nitrogens is 3. The molecule has 0 aromatic carbocycles. The first-order valence-electron chi connectivity index (χ1n) is 6.61. The lowest BCUT2D eigenvalue weighted by atomic mass is 9.93. The maximum atomic E-state index is 6.02. The average Bonchev–Trinajstić information content (AvgIpc) is 2.85. The second-order valence-corrected chi connectivity index (χ2v) is 5.54. The maximum absolute atomic E-state index is 6.02. The van der Waals surface area contributed by atoms with E-state index in [1.807, 2.05) is 12.3 Å². The summed E-state index contributed by atoms with van der Waals surface area (Å²) in [5.41, 5.74) is 0.790. The quantitative estimate of drug-likeness (QED) is 0.826. The number of hydrogen-bond acceptors (Lipinski definition) is 4. The Balaban J connectivity index is 2.00. The van der Waals surface area contributed by atoms with Gasteiger partial charge in [-0.1, -0.05) is 6.92 Å². The second-order valence-electron chi connectivity index (χ2n) is 5.20. The first kappa shape index (κ1) is 12.7. The van der Waals surface area contributed by atoms with E-state index < -0.39 is 0 Å². The standard InChI is InChI=1S/C13H18ClN5/c1-8-3-5-15-7-10(8)19(2)12-9-4-6-16-11(9)17-13(14)18-12/h4,6,8,10,15H,3,5,7H2,1-2H3,(H,16,17,18)/t8-,10+/m0/s1. The molecule has 1 aliphatic rings. The molecule has 3 rings (SSSR count). The summed E-state index contributed by atoms with van der Waals surface area (Å²) in [4.78, 5) is 13.9. The predicted molar refractivity (Wildman–Crippen MR) is 77.7 cm³/mol. The zero-order valence-corrected chi connectivity index (χ0v) is 11.9. The third-order valence-electron chi connectivity index (χ3n) is 3.99. The number of hydrogen-bond donors (Lipinski definition) is 2. The minimum atomic E-state index is 0.285. The molecule has 2 aromatic heterocycles. The number of fused-ring (bicyclic) bond motifs is 1. The number of likely N-dealkylation sites (N-methyl/N-ethyl adjacent to an activating group) is 1. The monoisotopic (exact) mass is 279 g/mol. The van der Waals surface area contributed by atoms with E-state index in [4.69, 9.17) is 11.6 Å². The van der Waals surface area contributed by atoms with Crippen molar-refractivity contribution in [1.29, 1.82) is 0 Å². The topological polar surface area (TPSA) is 56.8 Å². The lowest BCUT2D eigenvalue weighted by molar-refractivity contribution is 0.338. The van der Waals surface area contributed by atoms with Gasteiger partial charge in [-0.25, -0.2) is 0 Å². The lowest BCUT2D eigenvalue weighted by Crippen LogP contribution is -2.49. The summed E-state index contributed by atoms with van der Waals surface area (Å²) in [7, 11) is 2.08. The van der Waals surface area contributed by atoms with Gasteiger partial charge in [0.1, 0.15) is 11.5 Å². The molecule has 2 atom stereocenters. The molecule has 0 unspecified atom stereocenters. The molecule has 0 radical (unpaired) electrons. The van der Waals surface area contributed by atoms with Crippen molar-refractivity contribution < 1.29 is 0 Å². The Morgan fingerprint density at radius 3 is 3.05 bits per heavy atom. The zero-order valence-electron chi connectivity index (χ0n) is 11.2. The molecule has 19 heavy (non-hydrogen) atoms. The number of piperidine rings is 1. The highest BCUT2D eigenvalue weighted by Crippen LogP contribution is 2.28. The largest absolute Gasteiger partial charge is 0.354 e. The van der Waals surface area contributed by atoms with Crippen LogP contribution < -0.4 is 10.2 Å². The van der Waals surface area contributed by atoms with Gasteiger partial charge in [-0.15, -0.1) is 0 Å². The molecule has 0 spiro atoms. The van der Waals surface area contributed by atoms with Crippen molar-refractivity contribution in [1.82, 2.24) is 20.3 Å². The number of nitrogens with zero attached hydrogens (tertiary/aromatic N) is 3. The predicted octanol–water partition coefficient (Wildman–Crippen LogP) is 2.05. The van der Waals surface area contributed by atoms with Crippen LogP contribution in [0.5, 0.6) is 0 Å². The minimum Gasteiger partial charge on any atom is -0.354 e. The van der Waals surface area contributed by atoms with E-state index in [0.29, 0.717) is 12.0 Å². The van der Waals surface area contributed by atoms with Crippen molar-refractivity contribution >= 4 is 28.5 Å². The Morgan fingerprint density at radius 1 is 1.42 bits per heavy atom. The van der Waals surface area contributed by atoms with Crippen molar-refractivity contribution in [2.45, 2.75) is 19.4 Å². The lowest BCUT2D eigenvalue weighted by Gasteiger charge is -2.37. The van der Waals surface area contributed by atoms with Crippen molar-refractivity contribution in [3.63, 3.8) is 0 Å². The summed E-state index contributed by atoms with van der Waals surface area (Å²) in [5, 5.41) is 4.75. The molecular formula is C13H18ClN5. The van der Waals surface area contributed by atoms with Crippen LogP contribution in [0.2, 0.25) is 5.28 Å². The molecule has 0 aliphatic carbocycles. The summed E-state index contributed by atoms with van der Waals surface area (Å²) in [5.74, 6) is 1.53. The fraction of sp³-hybridized carbons (Fsp3) is 0.538. The molecule has 0 saturated carbocycles. The molecule has 6 heteroatoms. The van der Waals surface area contributed by atoms with Gasteiger partial charge in [0, 0.05) is 25.8 Å². The third-order valence-corrected chi connectivity index (χ3v) is 4.16. The smallest absolute Gasteiger partial charge is 0.226 e. The van der Waals surface area contributed by atoms with Gasteiger partial charge in [0.25, 0.3) is 0 Å². The zero-order chi connectivity index (χ0) is 13.4. The maximum Gasteiger partial charge on any atom is 0.226 e. The Morgan fingerprint density at radius 2 is 2.26 bits per heavy atom. The van der Waals surface area contributed by atoms with E-state index in [-0.39, 0.29) is 5.28 Å². The highest BCUT2D eigenvalue weighted by molar-refractivity contribution is 6.28. The van der Waals surface area contributed by atoms with Crippen molar-refractivity contribution in [3.05, 3.63) is 17.5 Å². The number of halogens is 1. The van der Waals surface area contributed by atoms with Crippen LogP contribution in [-0.4, -0.2) is 41.1 Å². The minimum absolute atomic E-state index is 0.285. The van der Waals surface area contributed by atoms with E-state index >= 15 is 0 Å². The van der Waals surface area contributed by atoms with Gasteiger partial charge in [0.05, 0.1) is 5.39 Å². The van der Waals surface area contributed by atoms with Crippen molar-refractivity contribution in [2.75, 3.05) is 25.0 Å². The van der Waals surface area contributed by atoms with Crippen LogP contribution in [0.15, 0.2) is 12.3 Å². The number of aromatic amines is 1. The average molecular weight is 280 g/mol. The van der Waals surface area contributed by atoms with Crippen molar-refractivity contribution in [2.24, 2.45) is 5.92 Å². The molecule has 2 N–H and O–H groups in total. The molecule has 1 fully saturated rings. The summed E-state index contributed by atoms with van der Waals surface area (Å²) in [6, 6.07) is 2.43. The summed E-state index contributed by atoms with van der Waals surface area (Å²) in [6.45, 7) is 4.36. The number of rotatable bonds is 2. The summed E-state index contributed by atoms with van der Waals surface area (Å²) < 4.78 is 0. The van der Waals surface area contributed by atoms with E-state index in [2.05, 4.69) is 39.1 Å². The van der Waals surface area contributed by atoms with Gasteiger partial charge in [0.15, 0.2) is 0 Å². The normalized spacial score (nSPS) is 23.7. The van der Waals surface area contributed by atoms with Crippen LogP contribution in [0, 0.1) is 5.92 Å². The Hall–Kier alpha value is -1.33. The molecule has 5 nitrogen and oxygen atoms in total. The summed E-state index contributed by atoms with van der Waals surface area (Å²) in [6.07, 6.45) is 3.06. The van der Waals surface area contributed by atoms with Gasteiger partial charge in [-0.05, 0) is 36.6 Å². The van der Waals surface area contributed by atoms with E-state index in [1.165, 1.54) is 6.42 Å². The highest BCUT2D eigenvalue weighted by Gasteiger charge is 2.27.